The molecule has 8 heavy (non-hydrogen) atoms. The predicted octanol–water partition coefficient (Wildman–Crippen LogP) is -0.378. The zero-order valence-corrected chi connectivity index (χ0v) is 5.33. The van der Waals surface area contributed by atoms with Crippen LogP contribution in [0.3, 0.4) is 0 Å². The number of amides is 1. The van der Waals surface area contributed by atoms with Crippen LogP contribution >= 0.6 is 11.8 Å². The minimum Gasteiger partial charge on any atom is -0.351 e. The Hall–Kier alpha value is -0.510. The van der Waals surface area contributed by atoms with Gasteiger partial charge in [-0.1, -0.05) is 11.8 Å². The number of hydrogen-bond donors (Lipinski definition) is 1. The zero-order valence-electron chi connectivity index (χ0n) is 4.51. The summed E-state index contributed by atoms with van der Waals surface area (Å²) in [7, 11) is 0. The molecule has 4 heteroatoms. The Morgan fingerprint density at radius 1 is 1.88 bits per heavy atom. The van der Waals surface area contributed by atoms with E-state index >= 15 is 0 Å². The van der Waals surface area contributed by atoms with Gasteiger partial charge in [-0.3, -0.25) is 9.59 Å². The van der Waals surface area contributed by atoms with E-state index in [1.54, 1.807) is 6.26 Å². The van der Waals surface area contributed by atoms with E-state index in [1.165, 1.54) is 0 Å². The molecule has 46 valence electrons. The van der Waals surface area contributed by atoms with Crippen LogP contribution in [-0.2, 0) is 9.59 Å². The maximum atomic E-state index is 10.3. The molecule has 1 N–H and O–H groups in total. The van der Waals surface area contributed by atoms with Crippen molar-refractivity contribution in [3.8, 4) is 0 Å². The SMILES string of the molecule is CSC(=O)CNC=O. The molecule has 0 aliphatic rings. The van der Waals surface area contributed by atoms with Crippen LogP contribution in [-0.4, -0.2) is 24.3 Å². The van der Waals surface area contributed by atoms with Gasteiger partial charge in [0.05, 0.1) is 6.54 Å². The molecule has 0 aromatic carbocycles. The highest BCUT2D eigenvalue weighted by Crippen LogP contribution is 1.89. The van der Waals surface area contributed by atoms with Gasteiger partial charge >= 0.3 is 0 Å². The summed E-state index contributed by atoms with van der Waals surface area (Å²) in [6.07, 6.45) is 2.18. The van der Waals surface area contributed by atoms with Crippen molar-refractivity contribution in [1.29, 1.82) is 0 Å². The summed E-state index contributed by atoms with van der Waals surface area (Å²) >= 11 is 1.10. The summed E-state index contributed by atoms with van der Waals surface area (Å²) in [6.45, 7) is 0.130. The summed E-state index contributed by atoms with van der Waals surface area (Å²) in [5.74, 6) is 0. The first-order valence-electron chi connectivity index (χ1n) is 2.05. The quantitative estimate of drug-likeness (QED) is 0.534. The number of rotatable bonds is 3. The maximum absolute atomic E-state index is 10.3. The summed E-state index contributed by atoms with van der Waals surface area (Å²) < 4.78 is 0. The number of carbonyl (C=O) groups excluding carboxylic acids is 2. The lowest BCUT2D eigenvalue weighted by molar-refractivity contribution is -0.114. The van der Waals surface area contributed by atoms with E-state index in [4.69, 9.17) is 0 Å². The molecular formula is C4H7NO2S. The molecule has 0 aromatic rings. The van der Waals surface area contributed by atoms with Crippen LogP contribution < -0.4 is 5.32 Å². The third kappa shape index (κ3) is 3.67. The normalized spacial score (nSPS) is 8.12. The molecule has 0 aliphatic carbocycles. The Bertz CT molecular complexity index is 94.0. The third-order valence-corrected chi connectivity index (χ3v) is 1.16. The molecule has 0 spiro atoms. The van der Waals surface area contributed by atoms with Gasteiger partial charge in [-0.2, -0.15) is 0 Å². The minimum absolute atomic E-state index is 0.0305. The van der Waals surface area contributed by atoms with Crippen molar-refractivity contribution in [2.75, 3.05) is 12.8 Å². The standard InChI is InChI=1S/C4H7NO2S/c1-8-4(7)2-5-3-6/h3H,2H2,1H3,(H,5,6). The first-order chi connectivity index (χ1) is 3.81. The van der Waals surface area contributed by atoms with Crippen molar-refractivity contribution in [3.05, 3.63) is 0 Å². The van der Waals surface area contributed by atoms with E-state index in [0.717, 1.165) is 11.8 Å². The summed E-state index contributed by atoms with van der Waals surface area (Å²) in [5, 5.41) is 2.22. The fourth-order valence-corrected chi connectivity index (χ4v) is 0.425. The van der Waals surface area contributed by atoms with E-state index in [0.29, 0.717) is 6.41 Å². The van der Waals surface area contributed by atoms with Crippen molar-refractivity contribution >= 4 is 23.3 Å². The van der Waals surface area contributed by atoms with E-state index in [9.17, 15) is 9.59 Å². The molecule has 0 radical (unpaired) electrons. The molecule has 0 fully saturated rings. The Kier molecular flexibility index (Phi) is 4.35. The number of thioether (sulfide) groups is 1. The fraction of sp³-hybridized carbons (Fsp3) is 0.500. The van der Waals surface area contributed by atoms with Crippen LogP contribution in [0.15, 0.2) is 0 Å². The smallest absolute Gasteiger partial charge is 0.207 e. The van der Waals surface area contributed by atoms with Crippen LogP contribution in [0.2, 0.25) is 0 Å². The monoisotopic (exact) mass is 133 g/mol. The van der Waals surface area contributed by atoms with Gasteiger partial charge in [0.25, 0.3) is 0 Å². The molecule has 0 aromatic heterocycles. The lowest BCUT2D eigenvalue weighted by Crippen LogP contribution is -2.18. The number of carbonyl (C=O) groups is 2. The summed E-state index contributed by atoms with van der Waals surface area (Å²) in [4.78, 5) is 19.9. The van der Waals surface area contributed by atoms with Gasteiger partial charge < -0.3 is 5.32 Å². The van der Waals surface area contributed by atoms with Gasteiger partial charge in [0.1, 0.15) is 0 Å². The Balaban J connectivity index is 3.11. The second kappa shape index (κ2) is 4.64. The fourth-order valence-electron chi connectivity index (χ4n) is 0.197. The van der Waals surface area contributed by atoms with Gasteiger partial charge in [0, 0.05) is 0 Å². The van der Waals surface area contributed by atoms with Crippen molar-refractivity contribution in [3.63, 3.8) is 0 Å². The van der Waals surface area contributed by atoms with Gasteiger partial charge in [0.15, 0.2) is 0 Å². The van der Waals surface area contributed by atoms with E-state index in [-0.39, 0.29) is 11.7 Å². The molecule has 0 saturated heterocycles. The van der Waals surface area contributed by atoms with Crippen LogP contribution in [0.1, 0.15) is 0 Å². The largest absolute Gasteiger partial charge is 0.351 e. The lowest BCUT2D eigenvalue weighted by Gasteiger charge is -1.90. The number of hydrogen-bond acceptors (Lipinski definition) is 3. The van der Waals surface area contributed by atoms with Crippen LogP contribution in [0.5, 0.6) is 0 Å². The minimum atomic E-state index is -0.0305. The third-order valence-electron chi connectivity index (χ3n) is 0.557. The maximum Gasteiger partial charge on any atom is 0.207 e. The van der Waals surface area contributed by atoms with Gasteiger partial charge in [-0.05, 0) is 6.26 Å². The molecule has 0 heterocycles. The lowest BCUT2D eigenvalue weighted by atomic mass is 10.7. The molecule has 0 unspecified atom stereocenters. The second-order valence-electron chi connectivity index (χ2n) is 1.07. The Morgan fingerprint density at radius 3 is 2.88 bits per heavy atom. The molecule has 0 saturated carbocycles. The first-order valence-corrected chi connectivity index (χ1v) is 3.27. The molecular weight excluding hydrogens is 126 g/mol. The second-order valence-corrected chi connectivity index (χ2v) is 1.94. The molecule has 3 nitrogen and oxygen atoms in total. The predicted molar refractivity (Wildman–Crippen MR) is 32.6 cm³/mol. The van der Waals surface area contributed by atoms with Crippen molar-refractivity contribution in [1.82, 2.24) is 5.32 Å². The van der Waals surface area contributed by atoms with E-state index in [1.807, 2.05) is 0 Å². The highest BCUT2D eigenvalue weighted by Gasteiger charge is 1.93. The average Bonchev–Trinajstić information content (AvgIpc) is 1.83. The first kappa shape index (κ1) is 7.49. The molecule has 0 aliphatic heterocycles. The average molecular weight is 133 g/mol. The van der Waals surface area contributed by atoms with Gasteiger partial charge in [0.2, 0.25) is 11.5 Å². The summed E-state index contributed by atoms with van der Waals surface area (Å²) in [5.41, 5.74) is 0. The zero-order chi connectivity index (χ0) is 6.41. The van der Waals surface area contributed by atoms with E-state index in [2.05, 4.69) is 5.32 Å². The van der Waals surface area contributed by atoms with Crippen molar-refractivity contribution in [2.45, 2.75) is 0 Å². The van der Waals surface area contributed by atoms with E-state index < -0.39 is 0 Å². The van der Waals surface area contributed by atoms with Gasteiger partial charge in [-0.15, -0.1) is 0 Å². The molecule has 0 rings (SSSR count). The highest BCUT2D eigenvalue weighted by molar-refractivity contribution is 8.13. The highest BCUT2D eigenvalue weighted by atomic mass is 32.2. The molecule has 1 amide bonds. The topological polar surface area (TPSA) is 46.2 Å². The van der Waals surface area contributed by atoms with Crippen LogP contribution in [0.4, 0.5) is 0 Å². The van der Waals surface area contributed by atoms with Crippen molar-refractivity contribution < 1.29 is 9.59 Å². The molecule has 0 atom stereocenters. The Morgan fingerprint density at radius 2 is 2.50 bits per heavy atom. The number of nitrogens with one attached hydrogen (secondary N) is 1. The van der Waals surface area contributed by atoms with Gasteiger partial charge in [-0.25, -0.2) is 0 Å². The summed E-state index contributed by atoms with van der Waals surface area (Å²) in [6, 6.07) is 0. The Labute approximate surface area is 51.8 Å². The van der Waals surface area contributed by atoms with Crippen LogP contribution in [0.25, 0.3) is 0 Å². The molecule has 0 bridgehead atoms. The van der Waals surface area contributed by atoms with Crippen LogP contribution in [0, 0.1) is 0 Å². The van der Waals surface area contributed by atoms with Crippen molar-refractivity contribution in [2.24, 2.45) is 0 Å².